The number of halogens is 2. The molecule has 0 saturated heterocycles. The van der Waals surface area contributed by atoms with Gasteiger partial charge in [-0.15, -0.1) is 0 Å². The fourth-order valence-electron chi connectivity index (χ4n) is 1.53. The quantitative estimate of drug-likeness (QED) is 0.820. The van der Waals surface area contributed by atoms with Crippen molar-refractivity contribution in [3.05, 3.63) is 70.2 Å². The minimum Gasteiger partial charge on any atom is -0.322 e. The van der Waals surface area contributed by atoms with Crippen molar-refractivity contribution in [3.8, 4) is 0 Å². The van der Waals surface area contributed by atoms with Gasteiger partial charge in [-0.3, -0.25) is 4.79 Å². The maximum atomic E-state index is 11.7. The van der Waals surface area contributed by atoms with Gasteiger partial charge in [0.2, 0.25) is 5.91 Å². The Balaban J connectivity index is 2.04. The summed E-state index contributed by atoms with van der Waals surface area (Å²) in [5, 5.41) is 3.90. The van der Waals surface area contributed by atoms with Crippen molar-refractivity contribution in [2.75, 3.05) is 5.32 Å². The van der Waals surface area contributed by atoms with Crippen LogP contribution in [0.3, 0.4) is 0 Å². The van der Waals surface area contributed by atoms with E-state index in [9.17, 15) is 4.79 Å². The predicted octanol–water partition coefficient (Wildman–Crippen LogP) is 4.65. The van der Waals surface area contributed by atoms with Crippen LogP contribution in [-0.4, -0.2) is 5.91 Å². The van der Waals surface area contributed by atoms with Crippen LogP contribution in [-0.2, 0) is 4.79 Å². The van der Waals surface area contributed by atoms with Gasteiger partial charge in [-0.25, -0.2) is 0 Å². The summed E-state index contributed by atoms with van der Waals surface area (Å²) in [6, 6.07) is 14.3. The van der Waals surface area contributed by atoms with E-state index in [0.29, 0.717) is 15.7 Å². The molecule has 1 N–H and O–H groups in total. The second-order valence-electron chi connectivity index (χ2n) is 3.85. The van der Waals surface area contributed by atoms with Gasteiger partial charge in [-0.05, 0) is 35.9 Å². The number of hydrogen-bond donors (Lipinski definition) is 1. The molecule has 0 unspecified atom stereocenters. The van der Waals surface area contributed by atoms with E-state index < -0.39 is 0 Å². The zero-order valence-electron chi connectivity index (χ0n) is 9.94. The summed E-state index contributed by atoms with van der Waals surface area (Å²) >= 11 is 11.8. The van der Waals surface area contributed by atoms with Crippen molar-refractivity contribution in [3.63, 3.8) is 0 Å². The third kappa shape index (κ3) is 4.12. The fourth-order valence-corrected chi connectivity index (χ4v) is 1.91. The number of anilines is 1. The van der Waals surface area contributed by atoms with Crippen LogP contribution in [0.2, 0.25) is 10.0 Å². The first-order chi connectivity index (χ1) is 9.15. The molecule has 4 heteroatoms. The molecule has 1 amide bonds. The molecule has 0 aliphatic rings. The van der Waals surface area contributed by atoms with Crippen LogP contribution >= 0.6 is 23.2 Å². The highest BCUT2D eigenvalue weighted by atomic mass is 35.5. The first-order valence-corrected chi connectivity index (χ1v) is 6.40. The zero-order valence-corrected chi connectivity index (χ0v) is 11.4. The minimum atomic E-state index is -0.234. The second kappa shape index (κ2) is 6.41. The molecule has 0 radical (unpaired) electrons. The van der Waals surface area contributed by atoms with Gasteiger partial charge in [0.25, 0.3) is 0 Å². The largest absolute Gasteiger partial charge is 0.322 e. The molecule has 2 aromatic rings. The number of nitrogens with one attached hydrogen (secondary N) is 1. The molecule has 0 aliphatic carbocycles. The lowest BCUT2D eigenvalue weighted by molar-refractivity contribution is -0.111. The van der Waals surface area contributed by atoms with Crippen LogP contribution in [0.25, 0.3) is 6.08 Å². The third-order valence-electron chi connectivity index (χ3n) is 2.41. The lowest BCUT2D eigenvalue weighted by Crippen LogP contribution is -2.07. The monoisotopic (exact) mass is 291 g/mol. The van der Waals surface area contributed by atoms with Gasteiger partial charge >= 0.3 is 0 Å². The van der Waals surface area contributed by atoms with Gasteiger partial charge in [0, 0.05) is 21.8 Å². The number of amides is 1. The topological polar surface area (TPSA) is 29.1 Å². The molecule has 0 atom stereocenters. The van der Waals surface area contributed by atoms with E-state index in [1.54, 1.807) is 36.4 Å². The van der Waals surface area contributed by atoms with Crippen LogP contribution < -0.4 is 5.32 Å². The van der Waals surface area contributed by atoms with E-state index >= 15 is 0 Å². The van der Waals surface area contributed by atoms with Gasteiger partial charge in [0.15, 0.2) is 0 Å². The number of benzene rings is 2. The van der Waals surface area contributed by atoms with Crippen LogP contribution in [0.1, 0.15) is 5.56 Å². The van der Waals surface area contributed by atoms with Gasteiger partial charge in [0.1, 0.15) is 0 Å². The van der Waals surface area contributed by atoms with Crippen molar-refractivity contribution in [1.29, 1.82) is 0 Å². The van der Waals surface area contributed by atoms with E-state index in [2.05, 4.69) is 5.32 Å². The van der Waals surface area contributed by atoms with E-state index in [0.717, 1.165) is 5.56 Å². The maximum Gasteiger partial charge on any atom is 0.248 e. The van der Waals surface area contributed by atoms with E-state index in [1.807, 2.05) is 18.2 Å². The van der Waals surface area contributed by atoms with Crippen molar-refractivity contribution >= 4 is 40.9 Å². The second-order valence-corrected chi connectivity index (χ2v) is 4.70. The normalized spacial score (nSPS) is 10.6. The predicted molar refractivity (Wildman–Crippen MR) is 80.6 cm³/mol. The molecule has 2 aromatic carbocycles. The zero-order chi connectivity index (χ0) is 13.7. The molecule has 0 heterocycles. The summed E-state index contributed by atoms with van der Waals surface area (Å²) in [7, 11) is 0. The van der Waals surface area contributed by atoms with Gasteiger partial charge < -0.3 is 5.32 Å². The van der Waals surface area contributed by atoms with E-state index in [1.165, 1.54) is 6.08 Å². The summed E-state index contributed by atoms with van der Waals surface area (Å²) in [6.45, 7) is 0. The van der Waals surface area contributed by atoms with Crippen molar-refractivity contribution < 1.29 is 4.79 Å². The summed E-state index contributed by atoms with van der Waals surface area (Å²) in [6.07, 6.45) is 3.10. The SMILES string of the molecule is O=C(/C=C/c1ccccc1Cl)Nc1cccc(Cl)c1. The smallest absolute Gasteiger partial charge is 0.248 e. The Morgan fingerprint density at radius 2 is 1.84 bits per heavy atom. The van der Waals surface area contributed by atoms with Crippen LogP contribution in [0, 0.1) is 0 Å². The number of hydrogen-bond acceptors (Lipinski definition) is 1. The highest BCUT2D eigenvalue weighted by Crippen LogP contribution is 2.17. The van der Waals surface area contributed by atoms with E-state index in [4.69, 9.17) is 23.2 Å². The van der Waals surface area contributed by atoms with Gasteiger partial charge in [-0.1, -0.05) is 47.5 Å². The average molecular weight is 292 g/mol. The van der Waals surface area contributed by atoms with Crippen LogP contribution in [0.4, 0.5) is 5.69 Å². The Morgan fingerprint density at radius 1 is 1.05 bits per heavy atom. The molecule has 0 aliphatic heterocycles. The molecule has 19 heavy (non-hydrogen) atoms. The molecule has 0 spiro atoms. The molecule has 0 bridgehead atoms. The molecule has 0 fully saturated rings. The molecule has 0 saturated carbocycles. The molecule has 2 rings (SSSR count). The third-order valence-corrected chi connectivity index (χ3v) is 2.99. The Kier molecular flexibility index (Phi) is 4.61. The fraction of sp³-hybridized carbons (Fsp3) is 0. The Morgan fingerprint density at radius 3 is 2.58 bits per heavy atom. The molecular formula is C15H11Cl2NO. The highest BCUT2D eigenvalue weighted by Gasteiger charge is 1.99. The molecule has 0 aromatic heterocycles. The van der Waals surface area contributed by atoms with Gasteiger partial charge in [0.05, 0.1) is 0 Å². The number of carbonyl (C=O) groups is 1. The molecule has 96 valence electrons. The minimum absolute atomic E-state index is 0.234. The van der Waals surface area contributed by atoms with Crippen LogP contribution in [0.5, 0.6) is 0 Å². The first-order valence-electron chi connectivity index (χ1n) is 5.64. The highest BCUT2D eigenvalue weighted by molar-refractivity contribution is 6.32. The Bertz CT molecular complexity index is 623. The lowest BCUT2D eigenvalue weighted by Gasteiger charge is -2.02. The summed E-state index contributed by atoms with van der Waals surface area (Å²) in [4.78, 5) is 11.7. The molecule has 2 nitrogen and oxygen atoms in total. The van der Waals surface area contributed by atoms with Gasteiger partial charge in [-0.2, -0.15) is 0 Å². The van der Waals surface area contributed by atoms with Crippen LogP contribution in [0.15, 0.2) is 54.6 Å². The van der Waals surface area contributed by atoms with Crippen molar-refractivity contribution in [2.24, 2.45) is 0 Å². The molecular weight excluding hydrogens is 281 g/mol. The number of rotatable bonds is 3. The first kappa shape index (κ1) is 13.7. The number of carbonyl (C=O) groups excluding carboxylic acids is 1. The van der Waals surface area contributed by atoms with Crippen molar-refractivity contribution in [1.82, 2.24) is 0 Å². The Labute approximate surface area is 121 Å². The average Bonchev–Trinajstić information content (AvgIpc) is 2.38. The van der Waals surface area contributed by atoms with Crippen molar-refractivity contribution in [2.45, 2.75) is 0 Å². The standard InChI is InChI=1S/C15H11Cl2NO/c16-12-5-3-6-13(10-12)18-15(19)9-8-11-4-1-2-7-14(11)17/h1-10H,(H,18,19)/b9-8+. The Hall–Kier alpha value is -1.77. The summed E-state index contributed by atoms with van der Waals surface area (Å²) in [5.74, 6) is -0.234. The summed E-state index contributed by atoms with van der Waals surface area (Å²) in [5.41, 5.74) is 1.45. The maximum absolute atomic E-state index is 11.7. The lowest BCUT2D eigenvalue weighted by atomic mass is 10.2. The summed E-state index contributed by atoms with van der Waals surface area (Å²) < 4.78 is 0. The van der Waals surface area contributed by atoms with E-state index in [-0.39, 0.29) is 5.91 Å².